The zero-order chi connectivity index (χ0) is 28.9. The third kappa shape index (κ3) is 5.80. The summed E-state index contributed by atoms with van der Waals surface area (Å²) in [4.78, 5) is 27.4. The number of aromatic nitrogens is 2. The van der Waals surface area contributed by atoms with Gasteiger partial charge in [0.2, 0.25) is 0 Å². The maximum Gasteiger partial charge on any atom is 0.416 e. The smallest absolute Gasteiger partial charge is 0.378 e. The van der Waals surface area contributed by atoms with Gasteiger partial charge in [0, 0.05) is 55.8 Å². The second-order valence-electron chi connectivity index (χ2n) is 12.3. The number of benzene rings is 1. The largest absolute Gasteiger partial charge is 0.416 e. The van der Waals surface area contributed by atoms with E-state index in [1.54, 1.807) is 6.07 Å². The Morgan fingerprint density at radius 1 is 1.10 bits per heavy atom. The predicted molar refractivity (Wildman–Crippen MR) is 146 cm³/mol. The molecule has 2 atom stereocenters. The molecule has 41 heavy (non-hydrogen) atoms. The van der Waals surface area contributed by atoms with Gasteiger partial charge in [0.1, 0.15) is 23.5 Å². The van der Waals surface area contributed by atoms with Gasteiger partial charge >= 0.3 is 6.18 Å². The number of nitrogens with zero attached hydrogens (tertiary/aromatic N) is 4. The minimum Gasteiger partial charge on any atom is -0.378 e. The van der Waals surface area contributed by atoms with E-state index < -0.39 is 17.9 Å². The number of alkyl halides is 4. The van der Waals surface area contributed by atoms with Crippen molar-refractivity contribution in [2.24, 2.45) is 0 Å². The molecular formula is C30H37F4N5O2. The third-order valence-corrected chi connectivity index (χ3v) is 9.23. The van der Waals surface area contributed by atoms with Crippen LogP contribution < -0.4 is 10.2 Å². The van der Waals surface area contributed by atoms with Crippen LogP contribution in [0.3, 0.4) is 0 Å². The Hall–Kier alpha value is -2.79. The van der Waals surface area contributed by atoms with Crippen LogP contribution >= 0.6 is 0 Å². The summed E-state index contributed by atoms with van der Waals surface area (Å²) in [6.07, 6.45) is -0.877. The van der Waals surface area contributed by atoms with Crippen LogP contribution in [0.15, 0.2) is 18.2 Å². The molecule has 1 aliphatic carbocycles. The first kappa shape index (κ1) is 28.3. The number of hydrogen-bond donors (Lipinski definition) is 1. The van der Waals surface area contributed by atoms with E-state index in [-0.39, 0.29) is 30.0 Å². The van der Waals surface area contributed by atoms with Gasteiger partial charge in [0.25, 0.3) is 5.91 Å². The molecule has 0 unspecified atom stereocenters. The number of hydrogen-bond acceptors (Lipinski definition) is 6. The van der Waals surface area contributed by atoms with Crippen LogP contribution in [0, 0.1) is 6.92 Å². The predicted octanol–water partition coefficient (Wildman–Crippen LogP) is 4.74. The number of likely N-dealkylation sites (tertiary alicyclic amines) is 1. The number of piperidine rings is 1. The first-order chi connectivity index (χ1) is 19.5. The van der Waals surface area contributed by atoms with Gasteiger partial charge in [-0.15, -0.1) is 0 Å². The summed E-state index contributed by atoms with van der Waals surface area (Å²) in [5.74, 6) is 1.10. The van der Waals surface area contributed by atoms with E-state index >= 15 is 0 Å². The number of amides is 1. The molecule has 0 bridgehead atoms. The van der Waals surface area contributed by atoms with Crippen LogP contribution in [0.5, 0.6) is 0 Å². The highest BCUT2D eigenvalue weighted by Gasteiger charge is 2.44. The highest BCUT2D eigenvalue weighted by atomic mass is 19.4. The standard InChI is InChI=1S/C30H37F4N5O2/c1-18-25(27(40)38-12-6-22(7-13-38)35-24-8-14-41-17-23(24)31)36-28(29(2)9-10-29)37-26(18)39-11-5-19-3-4-21(30(32,33)34)15-20(19)16-39/h3-4,15,22-24,35H,5-14,16-17H2,1-2H3/t23-,24+/m0/s1. The van der Waals surface area contributed by atoms with Crippen LogP contribution in [0.25, 0.3) is 0 Å². The van der Waals surface area contributed by atoms with Crippen LogP contribution in [0.4, 0.5) is 23.4 Å². The van der Waals surface area contributed by atoms with Gasteiger partial charge < -0.3 is 19.9 Å². The molecule has 1 aromatic carbocycles. The van der Waals surface area contributed by atoms with E-state index in [0.717, 1.165) is 37.3 Å². The lowest BCUT2D eigenvalue weighted by Crippen LogP contribution is -2.52. The maximum atomic E-state index is 14.2. The molecule has 0 radical (unpaired) electrons. The SMILES string of the molecule is Cc1c(C(=O)N2CCC(N[C@@H]3CCOC[C@@H]3F)CC2)nc(C2(C)CC2)nc1N1CCc2ccc(C(F)(F)F)cc2C1. The van der Waals surface area contributed by atoms with Gasteiger partial charge in [-0.2, -0.15) is 13.2 Å². The topological polar surface area (TPSA) is 70.6 Å². The fraction of sp³-hybridized carbons (Fsp3) is 0.633. The Morgan fingerprint density at radius 3 is 2.54 bits per heavy atom. The Kier molecular flexibility index (Phi) is 7.46. The zero-order valence-corrected chi connectivity index (χ0v) is 23.6. The summed E-state index contributed by atoms with van der Waals surface area (Å²) >= 11 is 0. The number of carbonyl (C=O) groups is 1. The lowest BCUT2D eigenvalue weighted by molar-refractivity contribution is -0.137. The van der Waals surface area contributed by atoms with Gasteiger partial charge in [-0.05, 0) is 68.7 Å². The zero-order valence-electron chi connectivity index (χ0n) is 23.6. The highest BCUT2D eigenvalue weighted by Crippen LogP contribution is 2.47. The third-order valence-electron chi connectivity index (χ3n) is 9.23. The average Bonchev–Trinajstić information content (AvgIpc) is 3.71. The molecule has 1 aromatic heterocycles. The summed E-state index contributed by atoms with van der Waals surface area (Å²) in [6.45, 7) is 6.57. The van der Waals surface area contributed by atoms with Crippen molar-refractivity contribution in [3.05, 3.63) is 52.0 Å². The van der Waals surface area contributed by atoms with Gasteiger partial charge in [-0.3, -0.25) is 4.79 Å². The van der Waals surface area contributed by atoms with E-state index in [1.807, 2.05) is 16.7 Å². The Labute approximate surface area is 237 Å². The molecule has 4 heterocycles. The molecule has 11 heteroatoms. The van der Waals surface area contributed by atoms with Crippen molar-refractivity contribution in [2.75, 3.05) is 37.7 Å². The van der Waals surface area contributed by atoms with Crippen molar-refractivity contribution >= 4 is 11.7 Å². The second kappa shape index (κ2) is 10.8. The fourth-order valence-electron chi connectivity index (χ4n) is 6.21. The molecular weight excluding hydrogens is 538 g/mol. The van der Waals surface area contributed by atoms with Crippen molar-refractivity contribution in [1.29, 1.82) is 0 Å². The molecule has 4 aliphatic rings. The van der Waals surface area contributed by atoms with E-state index in [4.69, 9.17) is 14.7 Å². The van der Waals surface area contributed by atoms with Gasteiger partial charge in [-0.25, -0.2) is 14.4 Å². The number of anilines is 1. The summed E-state index contributed by atoms with van der Waals surface area (Å²) in [6, 6.07) is 3.87. The van der Waals surface area contributed by atoms with Crippen LogP contribution in [0.2, 0.25) is 0 Å². The molecule has 2 aromatic rings. The maximum absolute atomic E-state index is 14.2. The van der Waals surface area contributed by atoms with Crippen molar-refractivity contribution < 1.29 is 27.1 Å². The molecule has 2 saturated heterocycles. The first-order valence-corrected chi connectivity index (χ1v) is 14.6. The van der Waals surface area contributed by atoms with E-state index in [2.05, 4.69) is 12.2 Å². The van der Waals surface area contributed by atoms with Gasteiger partial charge in [-0.1, -0.05) is 13.0 Å². The number of nitrogens with one attached hydrogen (secondary N) is 1. The first-order valence-electron chi connectivity index (χ1n) is 14.6. The molecule has 6 rings (SSSR count). The molecule has 7 nitrogen and oxygen atoms in total. The number of rotatable bonds is 5. The lowest BCUT2D eigenvalue weighted by Gasteiger charge is -2.37. The number of halogens is 4. The number of carbonyl (C=O) groups excluding carboxylic acids is 1. The molecule has 1 amide bonds. The molecule has 0 spiro atoms. The molecule has 3 aliphatic heterocycles. The summed E-state index contributed by atoms with van der Waals surface area (Å²) in [7, 11) is 0. The average molecular weight is 576 g/mol. The lowest BCUT2D eigenvalue weighted by atomic mass is 9.96. The minimum absolute atomic E-state index is 0.123. The fourth-order valence-corrected chi connectivity index (χ4v) is 6.21. The van der Waals surface area contributed by atoms with E-state index in [1.165, 1.54) is 6.07 Å². The summed E-state index contributed by atoms with van der Waals surface area (Å²) < 4.78 is 59.7. The van der Waals surface area contributed by atoms with Crippen molar-refractivity contribution in [3.8, 4) is 0 Å². The normalized spacial score (nSPS) is 24.7. The highest BCUT2D eigenvalue weighted by molar-refractivity contribution is 5.95. The molecule has 1 saturated carbocycles. The Balaban J connectivity index is 1.22. The number of fused-ring (bicyclic) bond motifs is 1. The molecule has 3 fully saturated rings. The number of ether oxygens (including phenoxy) is 1. The van der Waals surface area contributed by atoms with Gasteiger partial charge in [0.05, 0.1) is 12.2 Å². The van der Waals surface area contributed by atoms with Crippen molar-refractivity contribution in [2.45, 2.75) is 88.8 Å². The van der Waals surface area contributed by atoms with Crippen LogP contribution in [0.1, 0.15) is 77.6 Å². The van der Waals surface area contributed by atoms with E-state index in [0.29, 0.717) is 74.1 Å². The molecule has 222 valence electrons. The quantitative estimate of drug-likeness (QED) is 0.520. The minimum atomic E-state index is -4.41. The van der Waals surface area contributed by atoms with Crippen LogP contribution in [-0.2, 0) is 29.3 Å². The summed E-state index contributed by atoms with van der Waals surface area (Å²) in [5, 5.41) is 3.43. The molecule has 1 N–H and O–H groups in total. The van der Waals surface area contributed by atoms with E-state index in [9.17, 15) is 22.4 Å². The van der Waals surface area contributed by atoms with Crippen LogP contribution in [-0.4, -0.2) is 71.9 Å². The second-order valence-corrected chi connectivity index (χ2v) is 12.3. The van der Waals surface area contributed by atoms with Crippen molar-refractivity contribution in [1.82, 2.24) is 20.2 Å². The van der Waals surface area contributed by atoms with Gasteiger partial charge in [0.15, 0.2) is 0 Å². The summed E-state index contributed by atoms with van der Waals surface area (Å²) in [5.41, 5.74) is 1.71. The monoisotopic (exact) mass is 575 g/mol. The Morgan fingerprint density at radius 2 is 1.85 bits per heavy atom. The Bertz CT molecular complexity index is 1310. The van der Waals surface area contributed by atoms with Crippen molar-refractivity contribution in [3.63, 3.8) is 0 Å².